The smallest absolute Gasteiger partial charge is 0.326 e. The lowest BCUT2D eigenvalue weighted by molar-refractivity contribution is -0.157. The maximum Gasteiger partial charge on any atom is 0.326 e. The molecule has 0 aliphatic carbocycles. The molecule has 0 aromatic rings. The van der Waals surface area contributed by atoms with Crippen LogP contribution in [0.3, 0.4) is 0 Å². The summed E-state index contributed by atoms with van der Waals surface area (Å²) in [5.74, 6) is -3.44. The minimum atomic E-state index is -1.13. The van der Waals surface area contributed by atoms with Gasteiger partial charge < -0.3 is 19.8 Å². The third-order valence-electron chi connectivity index (χ3n) is 3.43. The Morgan fingerprint density at radius 3 is 2.35 bits per heavy atom. The molecular weight excluding hydrogens is 266 g/mol. The summed E-state index contributed by atoms with van der Waals surface area (Å²) in [4.78, 5) is 35.7. The fraction of sp³-hybridized carbons (Fsp3) is 0.769. The maximum absolute atomic E-state index is 12.4. The molecule has 0 aromatic carbocycles. The van der Waals surface area contributed by atoms with Gasteiger partial charge in [0, 0.05) is 13.2 Å². The number of carboxylic acids is 2. The van der Waals surface area contributed by atoms with Gasteiger partial charge in [-0.15, -0.1) is 0 Å². The van der Waals surface area contributed by atoms with E-state index in [-0.39, 0.29) is 13.0 Å². The number of ether oxygens (including phenoxy) is 1. The lowest BCUT2D eigenvalue weighted by Gasteiger charge is -2.31. The van der Waals surface area contributed by atoms with E-state index in [1.54, 1.807) is 6.92 Å². The highest BCUT2D eigenvalue weighted by Crippen LogP contribution is 2.19. The second kappa shape index (κ2) is 7.23. The van der Waals surface area contributed by atoms with E-state index in [9.17, 15) is 19.5 Å². The zero-order valence-electron chi connectivity index (χ0n) is 11.7. The summed E-state index contributed by atoms with van der Waals surface area (Å²) in [7, 11) is 0. The Morgan fingerprint density at radius 1 is 1.30 bits per heavy atom. The van der Waals surface area contributed by atoms with Crippen molar-refractivity contribution in [1.29, 1.82) is 0 Å². The summed E-state index contributed by atoms with van der Waals surface area (Å²) in [5, 5.41) is 18.2. The Morgan fingerprint density at radius 2 is 1.95 bits per heavy atom. The van der Waals surface area contributed by atoms with Gasteiger partial charge in [-0.1, -0.05) is 13.8 Å². The summed E-state index contributed by atoms with van der Waals surface area (Å²) < 4.78 is 5.28. The van der Waals surface area contributed by atoms with E-state index in [4.69, 9.17) is 9.84 Å². The Hall–Kier alpha value is -1.63. The average molecular weight is 287 g/mol. The molecule has 1 aliphatic rings. The zero-order chi connectivity index (χ0) is 15.3. The normalized spacial score (nSPS) is 21.2. The van der Waals surface area contributed by atoms with Crippen LogP contribution >= 0.6 is 0 Å². The highest BCUT2D eigenvalue weighted by Gasteiger charge is 2.36. The summed E-state index contributed by atoms with van der Waals surface area (Å²) in [6.45, 7) is 3.45. The molecule has 7 nitrogen and oxygen atoms in total. The van der Waals surface area contributed by atoms with Crippen LogP contribution < -0.4 is 0 Å². The van der Waals surface area contributed by atoms with Crippen LogP contribution in [0.1, 0.15) is 33.1 Å². The van der Waals surface area contributed by atoms with Gasteiger partial charge in [0.25, 0.3) is 5.91 Å². The molecule has 7 heteroatoms. The Balaban J connectivity index is 2.89. The average Bonchev–Trinajstić information content (AvgIpc) is 2.90. The molecule has 1 fully saturated rings. The first-order chi connectivity index (χ1) is 9.38. The van der Waals surface area contributed by atoms with E-state index < -0.39 is 35.9 Å². The number of carboxylic acid groups (broad SMARTS) is 2. The Kier molecular flexibility index (Phi) is 5.94. The number of hydrogen-bond donors (Lipinski definition) is 2. The van der Waals surface area contributed by atoms with Gasteiger partial charge in [0.1, 0.15) is 12.1 Å². The van der Waals surface area contributed by atoms with Crippen molar-refractivity contribution in [3.63, 3.8) is 0 Å². The molecule has 114 valence electrons. The van der Waals surface area contributed by atoms with Gasteiger partial charge in [0.2, 0.25) is 0 Å². The summed E-state index contributed by atoms with van der Waals surface area (Å²) in [6, 6.07) is -1.02. The molecule has 1 heterocycles. The first kappa shape index (κ1) is 16.4. The lowest BCUT2D eigenvalue weighted by Crippen LogP contribution is -2.51. The number of hydrogen-bond acceptors (Lipinski definition) is 4. The van der Waals surface area contributed by atoms with Crippen molar-refractivity contribution in [2.45, 2.75) is 45.3 Å². The Labute approximate surface area is 117 Å². The van der Waals surface area contributed by atoms with Gasteiger partial charge in [-0.05, 0) is 19.3 Å². The summed E-state index contributed by atoms with van der Waals surface area (Å²) in [5.41, 5.74) is 0. The molecule has 0 spiro atoms. The number of rotatable bonds is 7. The van der Waals surface area contributed by atoms with Crippen LogP contribution in [0.2, 0.25) is 0 Å². The van der Waals surface area contributed by atoms with Crippen molar-refractivity contribution in [3.05, 3.63) is 0 Å². The van der Waals surface area contributed by atoms with Crippen LogP contribution in [0.4, 0.5) is 0 Å². The van der Waals surface area contributed by atoms with Gasteiger partial charge in [-0.3, -0.25) is 9.59 Å². The molecule has 0 radical (unpaired) electrons. The number of carbonyl (C=O) groups is 3. The number of aliphatic carboxylic acids is 2. The highest BCUT2D eigenvalue weighted by molar-refractivity contribution is 5.87. The maximum atomic E-state index is 12.4. The second-order valence-corrected chi connectivity index (χ2v) is 4.99. The van der Waals surface area contributed by atoms with E-state index in [2.05, 4.69) is 0 Å². The monoisotopic (exact) mass is 287 g/mol. The van der Waals surface area contributed by atoms with Crippen molar-refractivity contribution < 1.29 is 29.3 Å². The van der Waals surface area contributed by atoms with E-state index in [0.29, 0.717) is 13.0 Å². The van der Waals surface area contributed by atoms with E-state index in [1.165, 1.54) is 6.92 Å². The van der Waals surface area contributed by atoms with Gasteiger partial charge in [0.05, 0.1) is 5.92 Å². The van der Waals surface area contributed by atoms with Crippen LogP contribution in [-0.2, 0) is 19.1 Å². The fourth-order valence-electron chi connectivity index (χ4n) is 2.23. The SMILES string of the molecule is CCC(C(=O)O)N(CC(C)C(=O)O)C(=O)C1CCCO1. The van der Waals surface area contributed by atoms with Crippen LogP contribution in [0.5, 0.6) is 0 Å². The first-order valence-corrected chi connectivity index (χ1v) is 6.76. The zero-order valence-corrected chi connectivity index (χ0v) is 11.7. The predicted molar refractivity (Wildman–Crippen MR) is 69.2 cm³/mol. The van der Waals surface area contributed by atoms with E-state index >= 15 is 0 Å². The van der Waals surface area contributed by atoms with Gasteiger partial charge in [0.15, 0.2) is 0 Å². The van der Waals surface area contributed by atoms with Crippen LogP contribution in [0.15, 0.2) is 0 Å². The number of amides is 1. The fourth-order valence-corrected chi connectivity index (χ4v) is 2.23. The Bertz CT molecular complexity index is 377. The van der Waals surface area contributed by atoms with Crippen molar-refractivity contribution in [3.8, 4) is 0 Å². The van der Waals surface area contributed by atoms with Crippen molar-refractivity contribution in [1.82, 2.24) is 4.90 Å². The number of nitrogens with zero attached hydrogens (tertiary/aromatic N) is 1. The molecule has 1 amide bonds. The molecule has 1 saturated heterocycles. The first-order valence-electron chi connectivity index (χ1n) is 6.76. The molecule has 0 aromatic heterocycles. The molecule has 1 rings (SSSR count). The minimum Gasteiger partial charge on any atom is -0.481 e. The predicted octanol–water partition coefficient (Wildman–Crippen LogP) is 0.578. The van der Waals surface area contributed by atoms with E-state index in [1.807, 2.05) is 0 Å². The minimum absolute atomic E-state index is 0.126. The molecular formula is C13H21NO6. The molecule has 20 heavy (non-hydrogen) atoms. The van der Waals surface area contributed by atoms with Crippen LogP contribution in [0, 0.1) is 5.92 Å². The van der Waals surface area contributed by atoms with Crippen molar-refractivity contribution in [2.75, 3.05) is 13.2 Å². The number of carbonyl (C=O) groups excluding carboxylic acids is 1. The second-order valence-electron chi connectivity index (χ2n) is 4.99. The molecule has 0 saturated carbocycles. The molecule has 1 aliphatic heterocycles. The van der Waals surface area contributed by atoms with Gasteiger partial charge in [-0.25, -0.2) is 4.79 Å². The molecule has 3 atom stereocenters. The third kappa shape index (κ3) is 3.93. The quantitative estimate of drug-likeness (QED) is 0.709. The van der Waals surface area contributed by atoms with Crippen molar-refractivity contribution in [2.24, 2.45) is 5.92 Å². The van der Waals surface area contributed by atoms with Crippen LogP contribution in [0.25, 0.3) is 0 Å². The topological polar surface area (TPSA) is 104 Å². The third-order valence-corrected chi connectivity index (χ3v) is 3.43. The molecule has 3 unspecified atom stereocenters. The molecule has 2 N–H and O–H groups in total. The largest absolute Gasteiger partial charge is 0.481 e. The summed E-state index contributed by atoms with van der Waals surface area (Å²) in [6.07, 6.45) is 0.875. The molecule has 0 bridgehead atoms. The van der Waals surface area contributed by atoms with Gasteiger partial charge in [-0.2, -0.15) is 0 Å². The van der Waals surface area contributed by atoms with Gasteiger partial charge >= 0.3 is 11.9 Å². The summed E-state index contributed by atoms with van der Waals surface area (Å²) >= 11 is 0. The van der Waals surface area contributed by atoms with E-state index in [0.717, 1.165) is 11.3 Å². The standard InChI is InChI=1S/C13H21NO6/c1-3-9(13(18)19)14(7-8(2)12(16)17)11(15)10-5-4-6-20-10/h8-10H,3-7H2,1-2H3,(H,16,17)(H,18,19). The highest BCUT2D eigenvalue weighted by atomic mass is 16.5. The lowest BCUT2D eigenvalue weighted by atomic mass is 10.1. The van der Waals surface area contributed by atoms with Crippen molar-refractivity contribution >= 4 is 17.8 Å². The van der Waals surface area contributed by atoms with Crippen LogP contribution in [-0.4, -0.2) is 58.3 Å².